The van der Waals surface area contributed by atoms with Crippen LogP contribution in [0.5, 0.6) is 0 Å². The first kappa shape index (κ1) is 13.3. The number of rotatable bonds is 3. The number of methoxy groups -OCH3 is 1. The van der Waals surface area contributed by atoms with Crippen LogP contribution >= 0.6 is 11.6 Å². The molecule has 0 saturated heterocycles. The third kappa shape index (κ3) is 2.49. The van der Waals surface area contributed by atoms with E-state index in [0.717, 1.165) is 0 Å². The standard InChI is InChI=1S/C13H14ClFO3/c1-18-12(16)4-8-6-13(17,7-8)9-2-3-10(14)11(15)5-9/h2-3,5,8,17H,4,6-7H2,1H3. The summed E-state index contributed by atoms with van der Waals surface area (Å²) < 4.78 is 17.9. The first-order valence-electron chi connectivity index (χ1n) is 5.69. The summed E-state index contributed by atoms with van der Waals surface area (Å²) in [6.07, 6.45) is 1.15. The van der Waals surface area contributed by atoms with Crippen LogP contribution < -0.4 is 0 Å². The molecule has 0 atom stereocenters. The highest BCUT2D eigenvalue weighted by Gasteiger charge is 2.44. The van der Waals surface area contributed by atoms with E-state index in [0.29, 0.717) is 18.4 Å². The van der Waals surface area contributed by atoms with Crippen molar-refractivity contribution in [3.8, 4) is 0 Å². The normalized spacial score (nSPS) is 26.6. The van der Waals surface area contributed by atoms with E-state index in [9.17, 15) is 14.3 Å². The lowest BCUT2D eigenvalue weighted by molar-refractivity contribution is -0.147. The first-order valence-corrected chi connectivity index (χ1v) is 6.07. The van der Waals surface area contributed by atoms with Crippen LogP contribution in [-0.4, -0.2) is 18.2 Å². The van der Waals surface area contributed by atoms with E-state index in [4.69, 9.17) is 11.6 Å². The van der Waals surface area contributed by atoms with Gasteiger partial charge in [0.2, 0.25) is 0 Å². The molecule has 0 aromatic heterocycles. The second-order valence-electron chi connectivity index (χ2n) is 4.72. The molecule has 3 nitrogen and oxygen atoms in total. The Balaban J connectivity index is 2.03. The molecular weight excluding hydrogens is 259 g/mol. The monoisotopic (exact) mass is 272 g/mol. The van der Waals surface area contributed by atoms with Crippen molar-refractivity contribution in [2.45, 2.75) is 24.9 Å². The zero-order valence-corrected chi connectivity index (χ0v) is 10.7. The van der Waals surface area contributed by atoms with Crippen molar-refractivity contribution in [2.24, 2.45) is 5.92 Å². The van der Waals surface area contributed by atoms with Crippen molar-refractivity contribution in [1.29, 1.82) is 0 Å². The summed E-state index contributed by atoms with van der Waals surface area (Å²) in [5.41, 5.74) is -0.546. The van der Waals surface area contributed by atoms with Gasteiger partial charge in [-0.05, 0) is 36.5 Å². The zero-order chi connectivity index (χ0) is 13.3. The number of halogens is 2. The van der Waals surface area contributed by atoms with Gasteiger partial charge in [-0.15, -0.1) is 0 Å². The van der Waals surface area contributed by atoms with Gasteiger partial charge in [0.25, 0.3) is 0 Å². The summed E-state index contributed by atoms with van der Waals surface area (Å²) in [6, 6.07) is 4.29. The largest absolute Gasteiger partial charge is 0.469 e. The van der Waals surface area contributed by atoms with Crippen LogP contribution in [0.2, 0.25) is 5.02 Å². The van der Waals surface area contributed by atoms with Crippen LogP contribution in [0.4, 0.5) is 4.39 Å². The van der Waals surface area contributed by atoms with E-state index >= 15 is 0 Å². The highest BCUT2D eigenvalue weighted by atomic mass is 35.5. The first-order chi connectivity index (χ1) is 8.44. The summed E-state index contributed by atoms with van der Waals surface area (Å²) in [7, 11) is 1.34. The van der Waals surface area contributed by atoms with Gasteiger partial charge in [-0.2, -0.15) is 0 Å². The van der Waals surface area contributed by atoms with Gasteiger partial charge in [0, 0.05) is 6.42 Å². The molecule has 1 aliphatic carbocycles. The van der Waals surface area contributed by atoms with Crippen LogP contribution in [0.25, 0.3) is 0 Å². The fraction of sp³-hybridized carbons (Fsp3) is 0.462. The summed E-state index contributed by atoms with van der Waals surface area (Å²) in [5.74, 6) is -0.746. The predicted octanol–water partition coefficient (Wildman–Crippen LogP) is 2.64. The molecule has 1 aliphatic rings. The van der Waals surface area contributed by atoms with Crippen LogP contribution in [0, 0.1) is 11.7 Å². The van der Waals surface area contributed by atoms with Crippen molar-refractivity contribution in [2.75, 3.05) is 7.11 Å². The van der Waals surface area contributed by atoms with Crippen molar-refractivity contribution in [3.63, 3.8) is 0 Å². The minimum absolute atomic E-state index is 0.0350. The molecule has 18 heavy (non-hydrogen) atoms. The highest BCUT2D eigenvalue weighted by molar-refractivity contribution is 6.30. The second-order valence-corrected chi connectivity index (χ2v) is 5.12. The van der Waals surface area contributed by atoms with E-state index < -0.39 is 11.4 Å². The number of hydrogen-bond acceptors (Lipinski definition) is 3. The third-order valence-electron chi connectivity index (χ3n) is 3.39. The average Bonchev–Trinajstić information content (AvgIpc) is 2.30. The van der Waals surface area contributed by atoms with E-state index in [2.05, 4.69) is 4.74 Å². The summed E-state index contributed by atoms with van der Waals surface area (Å²) in [5, 5.41) is 10.3. The lowest BCUT2D eigenvalue weighted by atomic mass is 9.66. The number of ether oxygens (including phenoxy) is 1. The molecule has 0 spiro atoms. The summed E-state index contributed by atoms with van der Waals surface area (Å²) >= 11 is 5.59. The lowest BCUT2D eigenvalue weighted by Crippen LogP contribution is -2.42. The van der Waals surface area contributed by atoms with Crippen LogP contribution in [-0.2, 0) is 15.1 Å². The molecule has 1 aromatic carbocycles. The Hall–Kier alpha value is -1.13. The van der Waals surface area contributed by atoms with Crippen LogP contribution in [0.3, 0.4) is 0 Å². The Morgan fingerprint density at radius 1 is 1.61 bits per heavy atom. The van der Waals surface area contributed by atoms with Gasteiger partial charge in [-0.1, -0.05) is 17.7 Å². The van der Waals surface area contributed by atoms with E-state index in [-0.39, 0.29) is 23.3 Å². The minimum atomic E-state index is -1.05. The topological polar surface area (TPSA) is 46.5 Å². The van der Waals surface area contributed by atoms with Gasteiger partial charge in [0.05, 0.1) is 17.7 Å². The molecular formula is C13H14ClFO3. The number of carbonyl (C=O) groups is 1. The maximum absolute atomic E-state index is 13.3. The van der Waals surface area contributed by atoms with Crippen molar-refractivity contribution < 1.29 is 19.0 Å². The number of esters is 1. The van der Waals surface area contributed by atoms with Crippen LogP contribution in [0.15, 0.2) is 18.2 Å². The zero-order valence-electron chi connectivity index (χ0n) is 9.95. The average molecular weight is 273 g/mol. The molecule has 0 aliphatic heterocycles. The van der Waals surface area contributed by atoms with Gasteiger partial charge in [0.15, 0.2) is 0 Å². The molecule has 0 amide bonds. The Morgan fingerprint density at radius 2 is 2.28 bits per heavy atom. The smallest absolute Gasteiger partial charge is 0.305 e. The van der Waals surface area contributed by atoms with Crippen molar-refractivity contribution >= 4 is 17.6 Å². The van der Waals surface area contributed by atoms with Crippen LogP contribution in [0.1, 0.15) is 24.8 Å². The van der Waals surface area contributed by atoms with E-state index in [1.54, 1.807) is 6.07 Å². The van der Waals surface area contributed by atoms with Gasteiger partial charge < -0.3 is 9.84 Å². The Morgan fingerprint density at radius 3 is 2.83 bits per heavy atom. The molecule has 0 unspecified atom stereocenters. The molecule has 1 aromatic rings. The SMILES string of the molecule is COC(=O)CC1CC(O)(c2ccc(Cl)c(F)c2)C1. The Bertz CT molecular complexity index is 469. The Labute approximate surface area is 110 Å². The number of hydrogen-bond donors (Lipinski definition) is 1. The molecule has 98 valence electrons. The number of benzene rings is 1. The van der Waals surface area contributed by atoms with Crippen molar-refractivity contribution in [1.82, 2.24) is 0 Å². The molecule has 2 rings (SSSR count). The maximum atomic E-state index is 13.3. The molecule has 0 bridgehead atoms. The van der Waals surface area contributed by atoms with E-state index in [1.807, 2.05) is 0 Å². The maximum Gasteiger partial charge on any atom is 0.305 e. The Kier molecular flexibility index (Phi) is 3.59. The quantitative estimate of drug-likeness (QED) is 0.861. The summed E-state index contributed by atoms with van der Waals surface area (Å²) in [6.45, 7) is 0. The fourth-order valence-corrected chi connectivity index (χ4v) is 2.50. The van der Waals surface area contributed by atoms with E-state index in [1.165, 1.54) is 19.2 Å². The summed E-state index contributed by atoms with van der Waals surface area (Å²) in [4.78, 5) is 11.1. The second kappa shape index (κ2) is 4.86. The number of aliphatic hydroxyl groups is 1. The highest BCUT2D eigenvalue weighted by Crippen LogP contribution is 2.47. The van der Waals surface area contributed by atoms with Gasteiger partial charge >= 0.3 is 5.97 Å². The molecule has 1 fully saturated rings. The number of carbonyl (C=O) groups excluding carboxylic acids is 1. The fourth-order valence-electron chi connectivity index (χ4n) is 2.38. The molecule has 0 heterocycles. The van der Waals surface area contributed by atoms with Gasteiger partial charge in [0.1, 0.15) is 5.82 Å². The van der Waals surface area contributed by atoms with Gasteiger partial charge in [-0.3, -0.25) is 4.79 Å². The third-order valence-corrected chi connectivity index (χ3v) is 3.70. The molecule has 1 saturated carbocycles. The van der Waals surface area contributed by atoms with Crippen molar-refractivity contribution in [3.05, 3.63) is 34.6 Å². The molecule has 0 radical (unpaired) electrons. The molecule has 1 N–H and O–H groups in total. The minimum Gasteiger partial charge on any atom is -0.469 e. The predicted molar refractivity (Wildman–Crippen MR) is 64.7 cm³/mol. The lowest BCUT2D eigenvalue weighted by Gasteiger charge is -2.43. The van der Waals surface area contributed by atoms with Gasteiger partial charge in [-0.25, -0.2) is 4.39 Å². The molecule has 5 heteroatoms.